The van der Waals surface area contributed by atoms with E-state index >= 15 is 0 Å². The van der Waals surface area contributed by atoms with E-state index in [2.05, 4.69) is 10.6 Å². The summed E-state index contributed by atoms with van der Waals surface area (Å²) in [5, 5.41) is 6.31. The van der Waals surface area contributed by atoms with E-state index in [1.54, 1.807) is 41.3 Å². The summed E-state index contributed by atoms with van der Waals surface area (Å²) in [6.07, 6.45) is 1.36. The van der Waals surface area contributed by atoms with Gasteiger partial charge in [0.1, 0.15) is 6.04 Å². The summed E-state index contributed by atoms with van der Waals surface area (Å²) < 4.78 is 0. The maximum Gasteiger partial charge on any atom is 0.254 e. The second-order valence-corrected chi connectivity index (χ2v) is 7.87. The minimum atomic E-state index is -0.526. The average molecular weight is 448 g/mol. The lowest BCUT2D eigenvalue weighted by molar-refractivity contribution is -0.125. The summed E-state index contributed by atoms with van der Waals surface area (Å²) in [6, 6.07) is 11.2. The highest BCUT2D eigenvalue weighted by Crippen LogP contribution is 2.26. The molecule has 1 aliphatic heterocycles. The summed E-state index contributed by atoms with van der Waals surface area (Å²) in [7, 11) is 0. The minimum Gasteiger partial charge on any atom is -0.352 e. The first kappa shape index (κ1) is 22.1. The van der Waals surface area contributed by atoms with Crippen LogP contribution in [-0.4, -0.2) is 41.8 Å². The van der Waals surface area contributed by atoms with Crippen LogP contribution in [0.15, 0.2) is 42.5 Å². The highest BCUT2D eigenvalue weighted by atomic mass is 35.5. The fourth-order valence-corrected chi connectivity index (χ4v) is 3.72. The van der Waals surface area contributed by atoms with Gasteiger partial charge in [-0.2, -0.15) is 0 Å². The molecule has 0 aliphatic carbocycles. The number of nitrogens with one attached hydrogen (secondary N) is 2. The van der Waals surface area contributed by atoms with Crippen molar-refractivity contribution in [2.45, 2.75) is 32.4 Å². The van der Waals surface area contributed by atoms with Crippen LogP contribution < -0.4 is 10.6 Å². The van der Waals surface area contributed by atoms with Crippen LogP contribution in [-0.2, 0) is 11.3 Å². The first-order valence-electron chi connectivity index (χ1n) is 9.81. The molecular formula is C22H23Cl2N3O3. The molecule has 2 aromatic rings. The van der Waals surface area contributed by atoms with Gasteiger partial charge in [0.05, 0.1) is 10.0 Å². The number of carbonyl (C=O) groups is 3. The van der Waals surface area contributed by atoms with E-state index in [0.717, 1.165) is 12.0 Å². The van der Waals surface area contributed by atoms with E-state index in [4.69, 9.17) is 23.2 Å². The molecule has 6 nitrogen and oxygen atoms in total. The molecule has 30 heavy (non-hydrogen) atoms. The smallest absolute Gasteiger partial charge is 0.254 e. The molecule has 0 bridgehead atoms. The molecule has 3 amide bonds. The van der Waals surface area contributed by atoms with Gasteiger partial charge in [-0.3, -0.25) is 14.4 Å². The molecule has 0 saturated carbocycles. The Hall–Kier alpha value is -2.57. The number of hydrogen-bond acceptors (Lipinski definition) is 3. The quantitative estimate of drug-likeness (QED) is 0.708. The van der Waals surface area contributed by atoms with Crippen molar-refractivity contribution in [2.24, 2.45) is 0 Å². The monoisotopic (exact) mass is 447 g/mol. The van der Waals surface area contributed by atoms with Crippen molar-refractivity contribution < 1.29 is 14.4 Å². The fourth-order valence-electron chi connectivity index (χ4n) is 3.42. The molecule has 8 heteroatoms. The molecule has 1 aliphatic rings. The third-order valence-electron chi connectivity index (χ3n) is 5.00. The third kappa shape index (κ3) is 5.12. The maximum atomic E-state index is 12.9. The van der Waals surface area contributed by atoms with Crippen molar-refractivity contribution >= 4 is 40.9 Å². The van der Waals surface area contributed by atoms with Crippen molar-refractivity contribution in [3.63, 3.8) is 0 Å². The van der Waals surface area contributed by atoms with E-state index in [-0.39, 0.29) is 17.7 Å². The minimum absolute atomic E-state index is 0.129. The molecule has 0 aromatic heterocycles. The SMILES string of the molecule is CCNC(=O)c1ccc(CNC(=O)C2CCCN2C(=O)c2ccc(Cl)c(Cl)c2)cc1. The van der Waals surface area contributed by atoms with Crippen LogP contribution in [0.4, 0.5) is 0 Å². The Balaban J connectivity index is 1.61. The normalized spacial score (nSPS) is 15.7. The van der Waals surface area contributed by atoms with Crippen LogP contribution in [0.1, 0.15) is 46.0 Å². The Morgan fingerprint density at radius 3 is 2.37 bits per heavy atom. The predicted octanol–water partition coefficient (Wildman–Crippen LogP) is 3.66. The molecule has 1 saturated heterocycles. The highest BCUT2D eigenvalue weighted by Gasteiger charge is 2.34. The zero-order valence-electron chi connectivity index (χ0n) is 16.6. The maximum absolute atomic E-state index is 12.9. The van der Waals surface area contributed by atoms with Gasteiger partial charge in [0.15, 0.2) is 0 Å². The van der Waals surface area contributed by atoms with Crippen molar-refractivity contribution in [2.75, 3.05) is 13.1 Å². The lowest BCUT2D eigenvalue weighted by Gasteiger charge is -2.24. The van der Waals surface area contributed by atoms with E-state index in [9.17, 15) is 14.4 Å². The molecule has 1 atom stereocenters. The summed E-state index contributed by atoms with van der Waals surface area (Å²) in [5.41, 5.74) is 1.85. The molecule has 1 unspecified atom stereocenters. The van der Waals surface area contributed by atoms with E-state index in [1.165, 1.54) is 6.07 Å². The summed E-state index contributed by atoms with van der Waals surface area (Å²) in [5.74, 6) is -0.568. The Bertz CT molecular complexity index is 947. The third-order valence-corrected chi connectivity index (χ3v) is 5.74. The zero-order valence-corrected chi connectivity index (χ0v) is 18.1. The van der Waals surface area contributed by atoms with Gasteiger partial charge < -0.3 is 15.5 Å². The first-order chi connectivity index (χ1) is 14.4. The Morgan fingerprint density at radius 2 is 1.70 bits per heavy atom. The molecule has 2 aromatic carbocycles. The molecule has 0 spiro atoms. The van der Waals surface area contributed by atoms with Gasteiger partial charge in [0.25, 0.3) is 11.8 Å². The number of nitrogens with zero attached hydrogens (tertiary/aromatic N) is 1. The van der Waals surface area contributed by atoms with Crippen molar-refractivity contribution in [3.05, 3.63) is 69.2 Å². The number of amides is 3. The molecule has 2 N–H and O–H groups in total. The topological polar surface area (TPSA) is 78.5 Å². The first-order valence-corrected chi connectivity index (χ1v) is 10.6. The van der Waals surface area contributed by atoms with Crippen LogP contribution in [0.5, 0.6) is 0 Å². The summed E-state index contributed by atoms with van der Waals surface area (Å²) >= 11 is 11.9. The Morgan fingerprint density at radius 1 is 1.00 bits per heavy atom. The lowest BCUT2D eigenvalue weighted by atomic mass is 10.1. The van der Waals surface area contributed by atoms with Crippen molar-refractivity contribution in [1.29, 1.82) is 0 Å². The van der Waals surface area contributed by atoms with Gasteiger partial charge >= 0.3 is 0 Å². The Labute approximate surface area is 185 Å². The molecular weight excluding hydrogens is 425 g/mol. The average Bonchev–Trinajstić information content (AvgIpc) is 3.24. The summed E-state index contributed by atoms with van der Waals surface area (Å²) in [4.78, 5) is 39.0. The van der Waals surface area contributed by atoms with Crippen molar-refractivity contribution in [3.8, 4) is 0 Å². The highest BCUT2D eigenvalue weighted by molar-refractivity contribution is 6.42. The van der Waals surface area contributed by atoms with Gasteiger partial charge in [-0.05, 0) is 55.7 Å². The molecule has 0 radical (unpaired) electrons. The second-order valence-electron chi connectivity index (χ2n) is 7.06. The van der Waals surface area contributed by atoms with Crippen LogP contribution in [0, 0.1) is 0 Å². The standard InChI is InChI=1S/C22H23Cl2N3O3/c1-2-25-20(28)15-7-5-14(6-8-15)13-26-21(29)19-4-3-11-27(19)22(30)16-9-10-17(23)18(24)12-16/h5-10,12,19H,2-4,11,13H2,1H3,(H,25,28)(H,26,29). The number of rotatable bonds is 6. The van der Waals surface area contributed by atoms with E-state index in [1.807, 2.05) is 6.92 Å². The molecule has 158 valence electrons. The molecule has 3 rings (SSSR count). The van der Waals surface area contributed by atoms with Gasteiger partial charge in [-0.15, -0.1) is 0 Å². The Kier molecular flexibility index (Phi) is 7.34. The number of halogens is 2. The molecule has 1 fully saturated rings. The van der Waals surface area contributed by atoms with Gasteiger partial charge in [-0.25, -0.2) is 0 Å². The van der Waals surface area contributed by atoms with Gasteiger partial charge in [-0.1, -0.05) is 35.3 Å². The van der Waals surface area contributed by atoms with Crippen LogP contribution in [0.25, 0.3) is 0 Å². The van der Waals surface area contributed by atoms with Crippen molar-refractivity contribution in [1.82, 2.24) is 15.5 Å². The van der Waals surface area contributed by atoms with E-state index in [0.29, 0.717) is 47.2 Å². The number of carbonyl (C=O) groups excluding carboxylic acids is 3. The summed E-state index contributed by atoms with van der Waals surface area (Å²) in [6.45, 7) is 3.26. The zero-order chi connectivity index (χ0) is 21.7. The second kappa shape index (κ2) is 9.96. The lowest BCUT2D eigenvalue weighted by Crippen LogP contribution is -2.45. The van der Waals surface area contributed by atoms with Crippen LogP contribution >= 0.6 is 23.2 Å². The van der Waals surface area contributed by atoms with Crippen LogP contribution in [0.2, 0.25) is 10.0 Å². The number of benzene rings is 2. The van der Waals surface area contributed by atoms with Gasteiger partial charge in [0.2, 0.25) is 5.91 Å². The van der Waals surface area contributed by atoms with Crippen LogP contribution in [0.3, 0.4) is 0 Å². The largest absolute Gasteiger partial charge is 0.352 e. The fraction of sp³-hybridized carbons (Fsp3) is 0.318. The van der Waals surface area contributed by atoms with Gasteiger partial charge in [0, 0.05) is 30.8 Å². The number of likely N-dealkylation sites (tertiary alicyclic amines) is 1. The number of hydrogen-bond donors (Lipinski definition) is 2. The predicted molar refractivity (Wildman–Crippen MR) is 117 cm³/mol. The molecule has 1 heterocycles. The van der Waals surface area contributed by atoms with E-state index < -0.39 is 6.04 Å².